The molecule has 3 heterocycles. The molecule has 2 aromatic carbocycles. The minimum absolute atomic E-state index is 0.0492. The van der Waals surface area contributed by atoms with Gasteiger partial charge in [0, 0.05) is 25.1 Å². The Labute approximate surface area is 213 Å². The summed E-state index contributed by atoms with van der Waals surface area (Å²) in [6.07, 6.45) is 5.16. The smallest absolute Gasteiger partial charge is 0.246 e. The standard InChI is InChI=1S/C28H27FN6O2/c1-2-24(37)34-15-5-6-20(16-34)35-28-25(27(30)31-17-32-28)26(33-35)19-12-9-18(10-13-19)11-14-23(36)21-7-3-4-8-22(21)29/h2-4,7-10,12-13,17,20H,1,5-6,11,14-16H2,(H2,30,31,32)/t20-/m1/s1. The molecule has 1 atom stereocenters. The molecule has 1 aliphatic rings. The first-order valence-corrected chi connectivity index (χ1v) is 12.2. The molecule has 0 saturated carbocycles. The largest absolute Gasteiger partial charge is 0.383 e. The Morgan fingerprint density at radius 2 is 1.92 bits per heavy atom. The topological polar surface area (TPSA) is 107 Å². The number of Topliss-reactive ketones (excluding diaryl/α,β-unsaturated/α-hetero) is 1. The van der Waals surface area contributed by atoms with Crippen LogP contribution in [0.15, 0.2) is 67.5 Å². The summed E-state index contributed by atoms with van der Waals surface area (Å²) in [5.41, 5.74) is 9.45. The number of benzene rings is 2. The van der Waals surface area contributed by atoms with E-state index in [1.165, 1.54) is 24.5 Å². The zero-order valence-corrected chi connectivity index (χ0v) is 20.3. The molecule has 0 bridgehead atoms. The predicted octanol–water partition coefficient (Wildman–Crippen LogP) is 4.38. The maximum absolute atomic E-state index is 13.9. The number of ketones is 1. The number of likely N-dealkylation sites (tertiary alicyclic amines) is 1. The molecular formula is C28H27FN6O2. The van der Waals surface area contributed by atoms with E-state index in [4.69, 9.17) is 10.8 Å². The summed E-state index contributed by atoms with van der Waals surface area (Å²) >= 11 is 0. The van der Waals surface area contributed by atoms with E-state index in [1.807, 2.05) is 28.9 Å². The van der Waals surface area contributed by atoms with Gasteiger partial charge in [0.05, 0.1) is 17.0 Å². The summed E-state index contributed by atoms with van der Waals surface area (Å²) < 4.78 is 15.8. The number of halogens is 1. The van der Waals surface area contributed by atoms with Crippen molar-refractivity contribution >= 4 is 28.5 Å². The highest BCUT2D eigenvalue weighted by Crippen LogP contribution is 2.34. The van der Waals surface area contributed by atoms with Crippen molar-refractivity contribution in [1.82, 2.24) is 24.6 Å². The van der Waals surface area contributed by atoms with Crippen LogP contribution in [0.2, 0.25) is 0 Å². The van der Waals surface area contributed by atoms with Crippen molar-refractivity contribution in [2.24, 2.45) is 0 Å². The van der Waals surface area contributed by atoms with Crippen molar-refractivity contribution in [3.8, 4) is 11.3 Å². The molecule has 1 fully saturated rings. The first-order valence-electron chi connectivity index (χ1n) is 12.2. The van der Waals surface area contributed by atoms with Crippen molar-refractivity contribution in [3.05, 3.63) is 84.5 Å². The van der Waals surface area contributed by atoms with Crippen molar-refractivity contribution in [3.63, 3.8) is 0 Å². The van der Waals surface area contributed by atoms with Crippen LogP contribution in [0, 0.1) is 5.82 Å². The summed E-state index contributed by atoms with van der Waals surface area (Å²) in [5, 5.41) is 5.56. The SMILES string of the molecule is C=CC(=O)N1CCC[C@@H](n2nc(-c3ccc(CCC(=O)c4ccccc4F)cc3)c3c(N)ncnc32)C1. The van der Waals surface area contributed by atoms with E-state index in [0.29, 0.717) is 42.1 Å². The van der Waals surface area contributed by atoms with Crippen LogP contribution in [0.3, 0.4) is 0 Å². The van der Waals surface area contributed by atoms with Gasteiger partial charge in [0.2, 0.25) is 5.91 Å². The zero-order valence-electron chi connectivity index (χ0n) is 20.3. The van der Waals surface area contributed by atoms with E-state index in [2.05, 4.69) is 16.5 Å². The number of rotatable bonds is 7. The van der Waals surface area contributed by atoms with Crippen molar-refractivity contribution in [1.29, 1.82) is 0 Å². The molecule has 1 aliphatic heterocycles. The summed E-state index contributed by atoms with van der Waals surface area (Å²) in [6, 6.07) is 13.7. The maximum atomic E-state index is 13.9. The second kappa shape index (κ2) is 10.3. The Kier molecular flexibility index (Phi) is 6.76. The van der Waals surface area contributed by atoms with Crippen LogP contribution in [0.25, 0.3) is 22.3 Å². The molecule has 0 spiro atoms. The van der Waals surface area contributed by atoms with E-state index in [-0.39, 0.29) is 29.7 Å². The Hall–Kier alpha value is -4.40. The molecule has 4 aromatic rings. The lowest BCUT2D eigenvalue weighted by Crippen LogP contribution is -2.40. The lowest BCUT2D eigenvalue weighted by atomic mass is 10.0. The molecule has 188 valence electrons. The molecule has 2 aromatic heterocycles. The molecular weight excluding hydrogens is 471 g/mol. The zero-order chi connectivity index (χ0) is 25.9. The van der Waals surface area contributed by atoms with Crippen LogP contribution in [0.1, 0.15) is 41.2 Å². The lowest BCUT2D eigenvalue weighted by molar-refractivity contribution is -0.127. The van der Waals surface area contributed by atoms with Crippen LogP contribution in [0.4, 0.5) is 10.2 Å². The second-order valence-corrected chi connectivity index (χ2v) is 9.14. The van der Waals surface area contributed by atoms with Gasteiger partial charge >= 0.3 is 0 Å². The molecule has 8 nitrogen and oxygen atoms in total. The Balaban J connectivity index is 1.40. The average molecular weight is 499 g/mol. The van der Waals surface area contributed by atoms with Crippen molar-refractivity contribution in [2.45, 2.75) is 31.7 Å². The Morgan fingerprint density at radius 1 is 1.14 bits per heavy atom. The number of nitrogens with two attached hydrogens (primary N) is 1. The van der Waals surface area contributed by atoms with E-state index in [9.17, 15) is 14.0 Å². The highest BCUT2D eigenvalue weighted by Gasteiger charge is 2.28. The average Bonchev–Trinajstić information content (AvgIpc) is 3.33. The number of amides is 1. The van der Waals surface area contributed by atoms with Gasteiger partial charge in [-0.1, -0.05) is 43.0 Å². The lowest BCUT2D eigenvalue weighted by Gasteiger charge is -2.32. The number of hydrogen-bond donors (Lipinski definition) is 1. The van der Waals surface area contributed by atoms with Crippen LogP contribution in [-0.4, -0.2) is 49.4 Å². The number of carbonyl (C=O) groups excluding carboxylic acids is 2. The Morgan fingerprint density at radius 3 is 2.68 bits per heavy atom. The van der Waals surface area contributed by atoms with E-state index < -0.39 is 5.82 Å². The van der Waals surface area contributed by atoms with Gasteiger partial charge in [-0.2, -0.15) is 5.10 Å². The van der Waals surface area contributed by atoms with E-state index in [1.54, 1.807) is 17.0 Å². The maximum Gasteiger partial charge on any atom is 0.246 e. The quantitative estimate of drug-likeness (QED) is 0.299. The van der Waals surface area contributed by atoms with E-state index in [0.717, 1.165) is 24.0 Å². The molecule has 5 rings (SSSR count). The van der Waals surface area contributed by atoms with Crippen LogP contribution >= 0.6 is 0 Å². The number of anilines is 1. The van der Waals surface area contributed by atoms with E-state index >= 15 is 0 Å². The summed E-state index contributed by atoms with van der Waals surface area (Å²) in [7, 11) is 0. The fraction of sp³-hybridized carbons (Fsp3) is 0.250. The molecule has 2 N–H and O–H groups in total. The number of fused-ring (bicyclic) bond motifs is 1. The number of nitrogens with zero attached hydrogens (tertiary/aromatic N) is 5. The normalized spacial score (nSPS) is 15.6. The second-order valence-electron chi connectivity index (χ2n) is 9.14. The predicted molar refractivity (Wildman–Crippen MR) is 139 cm³/mol. The monoisotopic (exact) mass is 498 g/mol. The number of nitrogen functional groups attached to an aromatic ring is 1. The molecule has 37 heavy (non-hydrogen) atoms. The molecule has 9 heteroatoms. The molecule has 0 radical (unpaired) electrons. The highest BCUT2D eigenvalue weighted by atomic mass is 19.1. The number of hydrogen-bond acceptors (Lipinski definition) is 6. The minimum Gasteiger partial charge on any atom is -0.383 e. The fourth-order valence-corrected chi connectivity index (χ4v) is 4.84. The number of aryl methyl sites for hydroxylation is 1. The molecule has 0 aliphatic carbocycles. The van der Waals surface area contributed by atoms with Gasteiger partial charge in [-0.05, 0) is 43.0 Å². The van der Waals surface area contributed by atoms with Crippen LogP contribution in [0.5, 0.6) is 0 Å². The first-order chi connectivity index (χ1) is 18.0. The fourth-order valence-electron chi connectivity index (χ4n) is 4.84. The highest BCUT2D eigenvalue weighted by molar-refractivity contribution is 5.98. The Bertz CT molecular complexity index is 1480. The first kappa shape index (κ1) is 24.3. The molecule has 1 amide bonds. The van der Waals surface area contributed by atoms with Gasteiger partial charge in [-0.25, -0.2) is 19.0 Å². The van der Waals surface area contributed by atoms with Crippen molar-refractivity contribution < 1.29 is 14.0 Å². The van der Waals surface area contributed by atoms with Gasteiger partial charge in [-0.3, -0.25) is 9.59 Å². The van der Waals surface area contributed by atoms with Crippen LogP contribution < -0.4 is 5.73 Å². The van der Waals surface area contributed by atoms with Gasteiger partial charge in [0.1, 0.15) is 23.7 Å². The molecule has 0 unspecified atom stereocenters. The van der Waals surface area contributed by atoms with Gasteiger partial charge in [-0.15, -0.1) is 0 Å². The summed E-state index contributed by atoms with van der Waals surface area (Å²) in [6.45, 7) is 4.80. The minimum atomic E-state index is -0.500. The van der Waals surface area contributed by atoms with Gasteiger partial charge in [0.25, 0.3) is 0 Å². The number of aromatic nitrogens is 4. The van der Waals surface area contributed by atoms with Gasteiger partial charge in [0.15, 0.2) is 11.4 Å². The van der Waals surface area contributed by atoms with Crippen molar-refractivity contribution in [2.75, 3.05) is 18.8 Å². The number of piperidine rings is 1. The third kappa shape index (κ3) is 4.84. The summed E-state index contributed by atoms with van der Waals surface area (Å²) in [5.74, 6) is -0.492. The third-order valence-electron chi connectivity index (χ3n) is 6.79. The summed E-state index contributed by atoms with van der Waals surface area (Å²) in [4.78, 5) is 35.1. The van der Waals surface area contributed by atoms with Gasteiger partial charge < -0.3 is 10.6 Å². The van der Waals surface area contributed by atoms with Crippen LogP contribution in [-0.2, 0) is 11.2 Å². The number of carbonyl (C=O) groups is 2. The molecule has 1 saturated heterocycles. The third-order valence-corrected chi connectivity index (χ3v) is 6.79.